The van der Waals surface area contributed by atoms with E-state index < -0.39 is 5.60 Å². The maximum atomic E-state index is 13.3. The molecule has 0 fully saturated rings. The number of hydrogen-bond acceptors (Lipinski definition) is 2. The SMILES string of the molecule is CCCCN(Cc1ccc(F)c(I)c1)C(=O)OC(C)(C)C. The molecule has 0 bridgehead atoms. The van der Waals surface area contributed by atoms with Gasteiger partial charge in [0.25, 0.3) is 0 Å². The van der Waals surface area contributed by atoms with E-state index in [0.717, 1.165) is 18.4 Å². The average Bonchev–Trinajstić information content (AvgIpc) is 2.36. The highest BCUT2D eigenvalue weighted by Gasteiger charge is 2.22. The third-order valence-electron chi connectivity index (χ3n) is 2.79. The van der Waals surface area contributed by atoms with E-state index >= 15 is 0 Å². The van der Waals surface area contributed by atoms with E-state index in [-0.39, 0.29) is 11.9 Å². The normalized spacial score (nSPS) is 11.3. The van der Waals surface area contributed by atoms with Crippen molar-refractivity contribution in [3.63, 3.8) is 0 Å². The van der Waals surface area contributed by atoms with Gasteiger partial charge in [-0.3, -0.25) is 0 Å². The number of rotatable bonds is 5. The topological polar surface area (TPSA) is 29.5 Å². The standard InChI is InChI=1S/C16H23FINO2/c1-5-6-9-19(15(20)21-16(2,3)4)11-12-7-8-13(17)14(18)10-12/h7-8,10H,5-6,9,11H2,1-4H3. The molecule has 1 aromatic carbocycles. The van der Waals surface area contributed by atoms with Gasteiger partial charge in [0.05, 0.1) is 0 Å². The summed E-state index contributed by atoms with van der Waals surface area (Å²) in [5.41, 5.74) is 0.390. The summed E-state index contributed by atoms with van der Waals surface area (Å²) in [5, 5.41) is 0. The third kappa shape index (κ3) is 6.63. The number of carbonyl (C=O) groups is 1. The predicted molar refractivity (Wildman–Crippen MR) is 90.7 cm³/mol. The van der Waals surface area contributed by atoms with Gasteiger partial charge >= 0.3 is 6.09 Å². The van der Waals surface area contributed by atoms with Crippen molar-refractivity contribution in [1.29, 1.82) is 0 Å². The smallest absolute Gasteiger partial charge is 0.410 e. The molecular formula is C16H23FINO2. The Balaban J connectivity index is 2.81. The number of benzene rings is 1. The summed E-state index contributed by atoms with van der Waals surface area (Å²) in [5.74, 6) is -0.239. The van der Waals surface area contributed by atoms with Gasteiger partial charge in [-0.2, -0.15) is 0 Å². The highest BCUT2D eigenvalue weighted by Crippen LogP contribution is 2.17. The van der Waals surface area contributed by atoms with Crippen LogP contribution in [0.5, 0.6) is 0 Å². The summed E-state index contributed by atoms with van der Waals surface area (Å²) >= 11 is 1.96. The predicted octanol–water partition coefficient (Wildman–Crippen LogP) is 4.97. The molecule has 0 aliphatic rings. The van der Waals surface area contributed by atoms with Crippen molar-refractivity contribution in [3.05, 3.63) is 33.1 Å². The van der Waals surface area contributed by atoms with Crippen LogP contribution in [0.1, 0.15) is 46.1 Å². The molecule has 3 nitrogen and oxygen atoms in total. The summed E-state index contributed by atoms with van der Waals surface area (Å²) in [6, 6.07) is 4.91. The van der Waals surface area contributed by atoms with E-state index in [0.29, 0.717) is 16.7 Å². The van der Waals surface area contributed by atoms with Crippen molar-refractivity contribution in [2.24, 2.45) is 0 Å². The molecule has 0 radical (unpaired) electrons. The summed E-state index contributed by atoms with van der Waals surface area (Å²) < 4.78 is 19.3. The number of ether oxygens (including phenoxy) is 1. The fourth-order valence-corrected chi connectivity index (χ4v) is 2.35. The van der Waals surface area contributed by atoms with Crippen molar-refractivity contribution in [2.75, 3.05) is 6.54 Å². The molecule has 0 atom stereocenters. The molecule has 1 aromatic rings. The number of halogens is 2. The Morgan fingerprint density at radius 3 is 2.57 bits per heavy atom. The Labute approximate surface area is 140 Å². The zero-order chi connectivity index (χ0) is 16.0. The summed E-state index contributed by atoms with van der Waals surface area (Å²) in [4.78, 5) is 13.9. The first-order valence-corrected chi connectivity index (χ1v) is 8.22. The van der Waals surface area contributed by atoms with Gasteiger partial charge in [-0.05, 0) is 67.5 Å². The van der Waals surface area contributed by atoms with E-state index in [9.17, 15) is 9.18 Å². The summed E-state index contributed by atoms with van der Waals surface area (Å²) in [6.45, 7) is 8.70. The second kappa shape index (κ2) is 7.96. The molecule has 0 aliphatic heterocycles. The van der Waals surface area contributed by atoms with Crippen LogP contribution >= 0.6 is 22.6 Å². The minimum absolute atomic E-state index is 0.239. The second-order valence-electron chi connectivity index (χ2n) is 6.00. The number of carbonyl (C=O) groups excluding carboxylic acids is 1. The fourth-order valence-electron chi connectivity index (χ4n) is 1.77. The van der Waals surface area contributed by atoms with Gasteiger partial charge in [0.15, 0.2) is 0 Å². The Morgan fingerprint density at radius 2 is 2.05 bits per heavy atom. The highest BCUT2D eigenvalue weighted by molar-refractivity contribution is 14.1. The third-order valence-corrected chi connectivity index (χ3v) is 3.62. The molecule has 0 saturated heterocycles. The van der Waals surface area contributed by atoms with Crippen LogP contribution in [0.3, 0.4) is 0 Å². The molecular weight excluding hydrogens is 384 g/mol. The van der Waals surface area contributed by atoms with Gasteiger partial charge in [0.1, 0.15) is 11.4 Å². The average molecular weight is 407 g/mol. The molecule has 0 saturated carbocycles. The van der Waals surface area contributed by atoms with Crippen molar-refractivity contribution in [1.82, 2.24) is 4.90 Å². The van der Waals surface area contributed by atoms with Crippen LogP contribution in [-0.4, -0.2) is 23.1 Å². The van der Waals surface area contributed by atoms with E-state index in [1.807, 2.05) is 43.4 Å². The molecule has 0 aromatic heterocycles. The molecule has 5 heteroatoms. The lowest BCUT2D eigenvalue weighted by atomic mass is 10.2. The van der Waals surface area contributed by atoms with Crippen LogP contribution in [0.25, 0.3) is 0 Å². The molecule has 0 N–H and O–H groups in total. The second-order valence-corrected chi connectivity index (χ2v) is 7.17. The highest BCUT2D eigenvalue weighted by atomic mass is 127. The monoisotopic (exact) mass is 407 g/mol. The zero-order valence-corrected chi connectivity index (χ0v) is 15.2. The molecule has 1 amide bonds. The number of hydrogen-bond donors (Lipinski definition) is 0. The lowest BCUT2D eigenvalue weighted by molar-refractivity contribution is 0.0231. The Kier molecular flexibility index (Phi) is 6.90. The van der Waals surface area contributed by atoms with E-state index in [1.54, 1.807) is 17.0 Å². The van der Waals surface area contributed by atoms with Crippen molar-refractivity contribution in [3.8, 4) is 0 Å². The van der Waals surface area contributed by atoms with Gasteiger partial charge in [-0.25, -0.2) is 9.18 Å². The van der Waals surface area contributed by atoms with Crippen molar-refractivity contribution < 1.29 is 13.9 Å². The maximum Gasteiger partial charge on any atom is 0.410 e. The lowest BCUT2D eigenvalue weighted by Crippen LogP contribution is -2.37. The largest absolute Gasteiger partial charge is 0.444 e. The van der Waals surface area contributed by atoms with E-state index in [4.69, 9.17) is 4.74 Å². The summed E-state index contributed by atoms with van der Waals surface area (Å²) in [7, 11) is 0. The fraction of sp³-hybridized carbons (Fsp3) is 0.562. The first-order valence-electron chi connectivity index (χ1n) is 7.15. The van der Waals surface area contributed by atoms with E-state index in [1.165, 1.54) is 6.07 Å². The Morgan fingerprint density at radius 1 is 1.38 bits per heavy atom. The zero-order valence-electron chi connectivity index (χ0n) is 13.1. The molecule has 1 rings (SSSR count). The molecule has 118 valence electrons. The maximum absolute atomic E-state index is 13.3. The molecule has 0 heterocycles. The van der Waals surface area contributed by atoms with Gasteiger partial charge in [-0.1, -0.05) is 19.4 Å². The van der Waals surface area contributed by atoms with Crippen molar-refractivity contribution >= 4 is 28.7 Å². The minimum Gasteiger partial charge on any atom is -0.444 e. The van der Waals surface area contributed by atoms with Crippen LogP contribution in [0, 0.1) is 9.39 Å². The van der Waals surface area contributed by atoms with Gasteiger partial charge < -0.3 is 9.64 Å². The number of unbranched alkanes of at least 4 members (excludes halogenated alkanes) is 1. The number of nitrogens with zero attached hydrogens (tertiary/aromatic N) is 1. The first kappa shape index (κ1) is 18.2. The first-order chi connectivity index (χ1) is 9.73. The molecule has 21 heavy (non-hydrogen) atoms. The van der Waals surface area contributed by atoms with Gasteiger partial charge in [0.2, 0.25) is 0 Å². The van der Waals surface area contributed by atoms with Gasteiger partial charge in [0, 0.05) is 16.7 Å². The van der Waals surface area contributed by atoms with Crippen LogP contribution < -0.4 is 0 Å². The molecule has 0 spiro atoms. The Hall–Kier alpha value is -0.850. The molecule has 0 unspecified atom stereocenters. The van der Waals surface area contributed by atoms with Crippen LogP contribution in [-0.2, 0) is 11.3 Å². The minimum atomic E-state index is -0.515. The van der Waals surface area contributed by atoms with Crippen LogP contribution in [0.15, 0.2) is 18.2 Å². The van der Waals surface area contributed by atoms with Gasteiger partial charge in [-0.15, -0.1) is 0 Å². The van der Waals surface area contributed by atoms with Crippen LogP contribution in [0.4, 0.5) is 9.18 Å². The summed E-state index contributed by atoms with van der Waals surface area (Å²) in [6.07, 6.45) is 1.59. The molecule has 0 aliphatic carbocycles. The number of amides is 1. The quantitative estimate of drug-likeness (QED) is 0.646. The lowest BCUT2D eigenvalue weighted by Gasteiger charge is -2.27. The van der Waals surface area contributed by atoms with Crippen molar-refractivity contribution in [2.45, 2.75) is 52.7 Å². The van der Waals surface area contributed by atoms with E-state index in [2.05, 4.69) is 6.92 Å². The Bertz CT molecular complexity index is 486. The van der Waals surface area contributed by atoms with Crippen LogP contribution in [0.2, 0.25) is 0 Å².